The lowest BCUT2D eigenvalue weighted by Gasteiger charge is -2.16. The van der Waals surface area contributed by atoms with Crippen molar-refractivity contribution in [3.63, 3.8) is 0 Å². The zero-order valence-electron chi connectivity index (χ0n) is 19.6. The molecule has 10 heteroatoms. The Balaban J connectivity index is 2.03. The highest BCUT2D eigenvalue weighted by Gasteiger charge is 2.19. The van der Waals surface area contributed by atoms with Crippen LogP contribution in [0.15, 0.2) is 60.0 Å². The van der Waals surface area contributed by atoms with Crippen LogP contribution in [-0.4, -0.2) is 52.5 Å². The number of benzene rings is 1. The monoisotopic (exact) mass is 461 g/mol. The zero-order valence-corrected chi connectivity index (χ0v) is 19.6. The fourth-order valence-electron chi connectivity index (χ4n) is 3.01. The lowest BCUT2D eigenvalue weighted by molar-refractivity contribution is 0.0526. The fourth-order valence-corrected chi connectivity index (χ4v) is 3.01. The number of para-hydroxylation sites is 1. The minimum absolute atomic E-state index is 0.176. The number of allylic oxidation sites excluding steroid dienone is 1. The summed E-state index contributed by atoms with van der Waals surface area (Å²) in [6.45, 7) is 3.98. The summed E-state index contributed by atoms with van der Waals surface area (Å²) in [5.41, 5.74) is 1.43. The number of ether oxygens (including phenoxy) is 2. The molecule has 34 heavy (non-hydrogen) atoms. The number of rotatable bonds is 9. The van der Waals surface area contributed by atoms with Crippen molar-refractivity contribution in [1.29, 1.82) is 0 Å². The Morgan fingerprint density at radius 1 is 1.15 bits per heavy atom. The van der Waals surface area contributed by atoms with Gasteiger partial charge in [0.25, 0.3) is 0 Å². The predicted molar refractivity (Wildman–Crippen MR) is 132 cm³/mol. The smallest absolute Gasteiger partial charge is 0.343 e. The van der Waals surface area contributed by atoms with Gasteiger partial charge in [-0.05, 0) is 37.6 Å². The van der Waals surface area contributed by atoms with E-state index in [0.717, 1.165) is 6.42 Å². The Morgan fingerprint density at radius 2 is 1.94 bits per heavy atom. The highest BCUT2D eigenvalue weighted by Crippen LogP contribution is 2.36. The van der Waals surface area contributed by atoms with Gasteiger partial charge in [0.05, 0.1) is 25.0 Å². The van der Waals surface area contributed by atoms with Gasteiger partial charge in [-0.1, -0.05) is 19.1 Å². The molecule has 0 aliphatic carbocycles. The van der Waals surface area contributed by atoms with Crippen LogP contribution in [0.3, 0.4) is 0 Å². The zero-order chi connectivity index (χ0) is 24.3. The maximum atomic E-state index is 12.6. The van der Waals surface area contributed by atoms with Crippen molar-refractivity contribution in [2.75, 3.05) is 31.4 Å². The van der Waals surface area contributed by atoms with E-state index in [1.165, 1.54) is 6.20 Å². The number of nitrogens with one attached hydrogen (secondary N) is 2. The van der Waals surface area contributed by atoms with Crippen molar-refractivity contribution in [2.45, 2.75) is 20.3 Å². The number of nitrogens with zero attached hydrogens (tertiary/aromatic N) is 5. The summed E-state index contributed by atoms with van der Waals surface area (Å²) in [5, 5.41) is 6.24. The third kappa shape index (κ3) is 5.91. The van der Waals surface area contributed by atoms with Crippen LogP contribution in [0, 0.1) is 0 Å². The first kappa shape index (κ1) is 24.3. The van der Waals surface area contributed by atoms with E-state index >= 15 is 0 Å². The molecule has 0 atom stereocenters. The number of anilines is 3. The summed E-state index contributed by atoms with van der Waals surface area (Å²) in [6, 6.07) is 7.22. The molecule has 2 heterocycles. The number of amidine groups is 1. The Kier molecular flexibility index (Phi) is 8.61. The number of hydrogen-bond acceptors (Lipinski definition) is 9. The average molecular weight is 462 g/mol. The molecule has 10 nitrogen and oxygen atoms in total. The van der Waals surface area contributed by atoms with Gasteiger partial charge >= 0.3 is 5.97 Å². The molecule has 0 bridgehead atoms. The van der Waals surface area contributed by atoms with E-state index in [-0.39, 0.29) is 23.9 Å². The molecule has 0 aliphatic heterocycles. The number of methoxy groups -OCH3 is 1. The van der Waals surface area contributed by atoms with E-state index in [1.807, 2.05) is 31.2 Å². The molecule has 0 fully saturated rings. The van der Waals surface area contributed by atoms with E-state index in [1.54, 1.807) is 45.6 Å². The molecule has 0 radical (unpaired) electrons. The molecule has 2 N–H and O–H groups in total. The van der Waals surface area contributed by atoms with Crippen LogP contribution in [0.2, 0.25) is 0 Å². The van der Waals surface area contributed by atoms with Crippen LogP contribution in [-0.2, 0) is 4.74 Å². The Hall–Kier alpha value is -4.34. The van der Waals surface area contributed by atoms with Crippen molar-refractivity contribution in [2.24, 2.45) is 4.99 Å². The molecule has 0 saturated heterocycles. The Labute approximate surface area is 198 Å². The molecule has 1 aromatic carbocycles. The minimum atomic E-state index is -0.548. The molecule has 0 amide bonds. The second kappa shape index (κ2) is 12.0. The van der Waals surface area contributed by atoms with Gasteiger partial charge in [-0.15, -0.1) is 0 Å². The Bertz CT molecular complexity index is 1180. The number of hydrogen-bond donors (Lipinski definition) is 2. The van der Waals surface area contributed by atoms with Crippen molar-refractivity contribution in [1.82, 2.24) is 19.9 Å². The summed E-state index contributed by atoms with van der Waals surface area (Å²) >= 11 is 0. The molecule has 3 aromatic rings. The summed E-state index contributed by atoms with van der Waals surface area (Å²) in [6.07, 6.45) is 9.37. The number of aliphatic imine (C=N–C) groups is 1. The van der Waals surface area contributed by atoms with Gasteiger partial charge in [0.15, 0.2) is 17.4 Å². The molecular weight excluding hydrogens is 434 g/mol. The number of carbonyl (C=O) groups excluding carboxylic acids is 1. The van der Waals surface area contributed by atoms with Crippen molar-refractivity contribution in [3.8, 4) is 17.1 Å². The van der Waals surface area contributed by atoms with E-state index in [2.05, 4.69) is 35.6 Å². The predicted octanol–water partition coefficient (Wildman–Crippen LogP) is 4.27. The second-order valence-corrected chi connectivity index (χ2v) is 6.80. The van der Waals surface area contributed by atoms with Gasteiger partial charge < -0.3 is 20.1 Å². The number of esters is 1. The van der Waals surface area contributed by atoms with Gasteiger partial charge in [-0.2, -0.15) is 4.98 Å². The highest BCUT2D eigenvalue weighted by molar-refractivity contribution is 6.03. The molecule has 0 aliphatic rings. The van der Waals surface area contributed by atoms with Gasteiger partial charge in [-0.25, -0.2) is 19.7 Å². The van der Waals surface area contributed by atoms with Crippen LogP contribution in [0.4, 0.5) is 17.5 Å². The van der Waals surface area contributed by atoms with Gasteiger partial charge in [0, 0.05) is 25.6 Å². The molecule has 0 saturated carbocycles. The summed E-state index contributed by atoms with van der Waals surface area (Å²) in [7, 11) is 3.22. The highest BCUT2D eigenvalue weighted by atomic mass is 16.5. The first-order valence-corrected chi connectivity index (χ1v) is 10.8. The lowest BCUT2D eigenvalue weighted by Crippen LogP contribution is -2.15. The van der Waals surface area contributed by atoms with Crippen molar-refractivity contribution >= 4 is 29.3 Å². The van der Waals surface area contributed by atoms with Crippen molar-refractivity contribution in [3.05, 3.63) is 60.6 Å². The summed E-state index contributed by atoms with van der Waals surface area (Å²) < 4.78 is 10.8. The average Bonchev–Trinajstić information content (AvgIpc) is 2.87. The third-order valence-corrected chi connectivity index (χ3v) is 4.56. The number of aromatic nitrogens is 4. The molecular formula is C24H27N7O3. The third-order valence-electron chi connectivity index (χ3n) is 4.56. The van der Waals surface area contributed by atoms with Gasteiger partial charge in [0.1, 0.15) is 11.4 Å². The first-order valence-electron chi connectivity index (χ1n) is 10.8. The van der Waals surface area contributed by atoms with Crippen LogP contribution >= 0.6 is 0 Å². The molecule has 0 unspecified atom stereocenters. The van der Waals surface area contributed by atoms with Gasteiger partial charge in [0.2, 0.25) is 5.95 Å². The topological polar surface area (TPSA) is 124 Å². The van der Waals surface area contributed by atoms with E-state index in [9.17, 15) is 4.79 Å². The summed E-state index contributed by atoms with van der Waals surface area (Å²) in [4.78, 5) is 34.2. The standard InChI is InChI=1S/C24H27N7O3/c1-5-7-12-19(25-3)30-24-28-15-17(23(32)34-6-2)22(31-24)29-18-11-8-10-16(20(18)33-4)21-26-13-9-14-27-21/h7-15H,5-6H2,1-4H3,(H2,25,28,29,30,31)/b12-7-. The molecule has 176 valence electrons. The largest absolute Gasteiger partial charge is 0.494 e. The second-order valence-electron chi connectivity index (χ2n) is 6.80. The fraction of sp³-hybridized carbons (Fsp3) is 0.250. The first-order chi connectivity index (χ1) is 16.6. The maximum absolute atomic E-state index is 12.6. The van der Waals surface area contributed by atoms with E-state index in [4.69, 9.17) is 9.47 Å². The summed E-state index contributed by atoms with van der Waals surface area (Å²) in [5.74, 6) is 1.54. The van der Waals surface area contributed by atoms with Crippen LogP contribution in [0.1, 0.15) is 30.6 Å². The number of carbonyl (C=O) groups is 1. The van der Waals surface area contributed by atoms with Gasteiger partial charge in [-0.3, -0.25) is 4.99 Å². The Morgan fingerprint density at radius 3 is 2.62 bits per heavy atom. The minimum Gasteiger partial charge on any atom is -0.494 e. The quantitative estimate of drug-likeness (QED) is 0.273. The normalized spacial score (nSPS) is 11.4. The van der Waals surface area contributed by atoms with E-state index < -0.39 is 5.97 Å². The maximum Gasteiger partial charge on any atom is 0.343 e. The lowest BCUT2D eigenvalue weighted by atomic mass is 10.1. The molecule has 2 aromatic heterocycles. The SMILES string of the molecule is CC/C=C\C(=NC)Nc1ncc(C(=O)OCC)c(Nc2cccc(-c3ncccn3)c2OC)n1. The molecule has 0 spiro atoms. The van der Waals surface area contributed by atoms with Crippen molar-refractivity contribution < 1.29 is 14.3 Å². The van der Waals surface area contributed by atoms with Crippen LogP contribution in [0.25, 0.3) is 11.4 Å². The van der Waals surface area contributed by atoms with E-state index in [0.29, 0.717) is 28.7 Å². The van der Waals surface area contributed by atoms with Crippen LogP contribution in [0.5, 0.6) is 5.75 Å². The van der Waals surface area contributed by atoms with Crippen LogP contribution < -0.4 is 15.4 Å². The molecule has 3 rings (SSSR count).